The van der Waals surface area contributed by atoms with Gasteiger partial charge in [0.2, 0.25) is 5.91 Å². The average molecular weight is 263 g/mol. The monoisotopic (exact) mass is 262 g/mol. The van der Waals surface area contributed by atoms with E-state index in [-0.39, 0.29) is 24.4 Å². The lowest BCUT2D eigenvalue weighted by molar-refractivity contribution is -0.121. The van der Waals surface area contributed by atoms with Gasteiger partial charge in [-0.3, -0.25) is 4.79 Å². The SMILES string of the molecule is CC(N)CC(=O)NCCC1CCCCC1C.Cl. The van der Waals surface area contributed by atoms with Crippen molar-refractivity contribution in [2.45, 2.75) is 58.4 Å². The molecule has 3 atom stereocenters. The van der Waals surface area contributed by atoms with Gasteiger partial charge >= 0.3 is 0 Å². The smallest absolute Gasteiger partial charge is 0.221 e. The van der Waals surface area contributed by atoms with Crippen molar-refractivity contribution in [2.24, 2.45) is 17.6 Å². The molecule has 0 aromatic heterocycles. The van der Waals surface area contributed by atoms with Gasteiger partial charge in [-0.1, -0.05) is 32.6 Å². The summed E-state index contributed by atoms with van der Waals surface area (Å²) in [4.78, 5) is 11.4. The van der Waals surface area contributed by atoms with Crippen LogP contribution < -0.4 is 11.1 Å². The Morgan fingerprint density at radius 1 is 1.41 bits per heavy atom. The van der Waals surface area contributed by atoms with E-state index >= 15 is 0 Å². The zero-order chi connectivity index (χ0) is 12.0. The zero-order valence-corrected chi connectivity index (χ0v) is 11.9. The van der Waals surface area contributed by atoms with Gasteiger partial charge in [-0.15, -0.1) is 12.4 Å². The minimum Gasteiger partial charge on any atom is -0.356 e. The van der Waals surface area contributed by atoms with E-state index in [0.29, 0.717) is 6.42 Å². The molecule has 0 saturated heterocycles. The maximum atomic E-state index is 11.4. The Kier molecular flexibility index (Phi) is 8.61. The van der Waals surface area contributed by atoms with Crippen LogP contribution in [0.1, 0.15) is 52.4 Å². The van der Waals surface area contributed by atoms with E-state index in [2.05, 4.69) is 12.2 Å². The summed E-state index contributed by atoms with van der Waals surface area (Å²) < 4.78 is 0. The molecular weight excluding hydrogens is 236 g/mol. The number of hydrogen-bond donors (Lipinski definition) is 2. The number of nitrogens with one attached hydrogen (secondary N) is 1. The van der Waals surface area contributed by atoms with Crippen LogP contribution in [0, 0.1) is 11.8 Å². The topological polar surface area (TPSA) is 55.1 Å². The van der Waals surface area contributed by atoms with Crippen molar-refractivity contribution in [1.82, 2.24) is 5.32 Å². The largest absolute Gasteiger partial charge is 0.356 e. The van der Waals surface area contributed by atoms with Crippen LogP contribution in [0.15, 0.2) is 0 Å². The molecule has 1 saturated carbocycles. The molecule has 0 aromatic carbocycles. The average Bonchev–Trinajstić information content (AvgIpc) is 2.19. The second-order valence-electron chi connectivity index (χ2n) is 5.34. The maximum Gasteiger partial charge on any atom is 0.221 e. The lowest BCUT2D eigenvalue weighted by Crippen LogP contribution is -2.32. The minimum atomic E-state index is -0.0337. The standard InChI is InChI=1S/C13H26N2O.ClH/c1-10-5-3-4-6-12(10)7-8-15-13(16)9-11(2)14;/h10-12H,3-9,14H2,1-2H3,(H,15,16);1H. The molecule has 3 N–H and O–H groups in total. The maximum absolute atomic E-state index is 11.4. The number of nitrogens with two attached hydrogens (primary N) is 1. The number of carbonyl (C=O) groups is 1. The number of halogens is 1. The molecule has 1 fully saturated rings. The van der Waals surface area contributed by atoms with Gasteiger partial charge in [0.05, 0.1) is 0 Å². The molecule has 0 bridgehead atoms. The molecule has 0 aliphatic heterocycles. The molecule has 0 radical (unpaired) electrons. The first kappa shape index (κ1) is 16.7. The second-order valence-corrected chi connectivity index (χ2v) is 5.34. The zero-order valence-electron chi connectivity index (χ0n) is 11.1. The third-order valence-electron chi connectivity index (χ3n) is 3.63. The molecule has 1 rings (SSSR count). The quantitative estimate of drug-likeness (QED) is 0.800. The molecule has 0 heterocycles. The van der Waals surface area contributed by atoms with Crippen molar-refractivity contribution < 1.29 is 4.79 Å². The Morgan fingerprint density at radius 3 is 2.65 bits per heavy atom. The minimum absolute atomic E-state index is 0. The Bertz CT molecular complexity index is 221. The van der Waals surface area contributed by atoms with Gasteiger partial charge in [0.25, 0.3) is 0 Å². The number of hydrogen-bond acceptors (Lipinski definition) is 2. The van der Waals surface area contributed by atoms with Crippen LogP contribution in [0.5, 0.6) is 0 Å². The lowest BCUT2D eigenvalue weighted by atomic mass is 9.79. The molecule has 1 aliphatic carbocycles. The summed E-state index contributed by atoms with van der Waals surface area (Å²) in [6.45, 7) is 5.02. The molecule has 3 nitrogen and oxygen atoms in total. The van der Waals surface area contributed by atoms with E-state index in [1.807, 2.05) is 6.92 Å². The van der Waals surface area contributed by atoms with E-state index in [9.17, 15) is 4.79 Å². The van der Waals surface area contributed by atoms with Gasteiger partial charge in [-0.05, 0) is 25.2 Å². The van der Waals surface area contributed by atoms with Crippen LogP contribution in [0.3, 0.4) is 0 Å². The van der Waals surface area contributed by atoms with Crippen molar-refractivity contribution in [3.05, 3.63) is 0 Å². The van der Waals surface area contributed by atoms with Gasteiger partial charge in [-0.2, -0.15) is 0 Å². The first-order valence-electron chi connectivity index (χ1n) is 6.62. The highest BCUT2D eigenvalue weighted by molar-refractivity contribution is 5.85. The molecular formula is C13H27ClN2O. The van der Waals surface area contributed by atoms with Crippen molar-refractivity contribution in [1.29, 1.82) is 0 Å². The van der Waals surface area contributed by atoms with Crippen LogP contribution in [0.25, 0.3) is 0 Å². The molecule has 3 unspecified atom stereocenters. The summed E-state index contributed by atoms with van der Waals surface area (Å²) in [5.41, 5.74) is 5.57. The molecule has 102 valence electrons. The summed E-state index contributed by atoms with van der Waals surface area (Å²) in [5.74, 6) is 1.74. The van der Waals surface area contributed by atoms with Gasteiger partial charge in [0, 0.05) is 19.0 Å². The van der Waals surface area contributed by atoms with E-state index in [4.69, 9.17) is 5.73 Å². The van der Waals surface area contributed by atoms with Crippen molar-refractivity contribution in [2.75, 3.05) is 6.54 Å². The van der Waals surface area contributed by atoms with Gasteiger partial charge in [0.1, 0.15) is 0 Å². The van der Waals surface area contributed by atoms with E-state index in [1.165, 1.54) is 25.7 Å². The summed E-state index contributed by atoms with van der Waals surface area (Å²) in [6, 6.07) is -0.0337. The van der Waals surface area contributed by atoms with E-state index < -0.39 is 0 Å². The molecule has 0 aromatic rings. The first-order chi connectivity index (χ1) is 7.59. The summed E-state index contributed by atoms with van der Waals surface area (Å²) in [5, 5.41) is 2.96. The first-order valence-corrected chi connectivity index (χ1v) is 6.62. The predicted octanol–water partition coefficient (Wildman–Crippen LogP) is 2.48. The Labute approximate surface area is 111 Å². The van der Waals surface area contributed by atoms with Gasteiger partial charge < -0.3 is 11.1 Å². The summed E-state index contributed by atoms with van der Waals surface area (Å²) in [7, 11) is 0. The van der Waals surface area contributed by atoms with Crippen LogP contribution in [-0.2, 0) is 4.79 Å². The fourth-order valence-corrected chi connectivity index (χ4v) is 2.58. The van der Waals surface area contributed by atoms with E-state index in [1.54, 1.807) is 0 Å². The lowest BCUT2D eigenvalue weighted by Gasteiger charge is -2.28. The van der Waals surface area contributed by atoms with Crippen LogP contribution in [-0.4, -0.2) is 18.5 Å². The van der Waals surface area contributed by atoms with Gasteiger partial charge in [0.15, 0.2) is 0 Å². The third-order valence-corrected chi connectivity index (χ3v) is 3.63. The highest BCUT2D eigenvalue weighted by Gasteiger charge is 2.20. The van der Waals surface area contributed by atoms with Gasteiger partial charge in [-0.25, -0.2) is 0 Å². The van der Waals surface area contributed by atoms with Crippen LogP contribution in [0.4, 0.5) is 0 Å². The number of rotatable bonds is 5. The Hall–Kier alpha value is -0.280. The molecule has 1 amide bonds. The summed E-state index contributed by atoms with van der Waals surface area (Å²) in [6.07, 6.45) is 7.02. The third kappa shape index (κ3) is 6.89. The Balaban J connectivity index is 0.00000256. The fourth-order valence-electron chi connectivity index (χ4n) is 2.58. The molecule has 0 spiro atoms. The van der Waals surface area contributed by atoms with Crippen molar-refractivity contribution in [3.63, 3.8) is 0 Å². The fraction of sp³-hybridized carbons (Fsp3) is 0.923. The molecule has 1 aliphatic rings. The molecule has 17 heavy (non-hydrogen) atoms. The van der Waals surface area contributed by atoms with E-state index in [0.717, 1.165) is 24.8 Å². The Morgan fingerprint density at radius 2 is 2.06 bits per heavy atom. The highest BCUT2D eigenvalue weighted by Crippen LogP contribution is 2.31. The molecule has 4 heteroatoms. The second kappa shape index (κ2) is 8.76. The predicted molar refractivity (Wildman–Crippen MR) is 74.3 cm³/mol. The van der Waals surface area contributed by atoms with Crippen LogP contribution >= 0.6 is 12.4 Å². The highest BCUT2D eigenvalue weighted by atomic mass is 35.5. The number of carbonyl (C=O) groups excluding carboxylic acids is 1. The summed E-state index contributed by atoms with van der Waals surface area (Å²) >= 11 is 0. The van der Waals surface area contributed by atoms with Crippen molar-refractivity contribution in [3.8, 4) is 0 Å². The van der Waals surface area contributed by atoms with Crippen LogP contribution in [0.2, 0.25) is 0 Å². The normalized spacial score (nSPS) is 25.8. The van der Waals surface area contributed by atoms with Crippen molar-refractivity contribution >= 4 is 18.3 Å². The number of amides is 1.